The van der Waals surface area contributed by atoms with Gasteiger partial charge in [0, 0.05) is 51.2 Å². The summed E-state index contributed by atoms with van der Waals surface area (Å²) in [6.45, 7) is 7.55. The molecule has 6 aromatic rings. The number of hydrogen-bond donors (Lipinski definition) is 3. The van der Waals surface area contributed by atoms with Crippen LogP contribution in [0.25, 0.3) is 0 Å². The minimum Gasteiger partial charge on any atom is -0.454 e. The number of fused-ring (bicyclic) bond motifs is 4. The first-order valence-corrected chi connectivity index (χ1v) is 39.6. The Hall–Kier alpha value is -8.23. The van der Waals surface area contributed by atoms with Gasteiger partial charge in [-0.2, -0.15) is 19.1 Å². The summed E-state index contributed by atoms with van der Waals surface area (Å²) in [6, 6.07) is 47.6. The Kier molecular flexibility index (Phi) is 26.9. The largest absolute Gasteiger partial charge is 0.475 e. The second-order valence-corrected chi connectivity index (χ2v) is 33.8. The number of rotatable bonds is 34. The summed E-state index contributed by atoms with van der Waals surface area (Å²) in [5.74, 6) is 1.19. The molecule has 3 N–H and O–H groups in total. The Morgan fingerprint density at radius 2 is 0.953 bits per heavy atom. The van der Waals surface area contributed by atoms with Crippen LogP contribution >= 0.6 is 7.82 Å². The SMILES string of the molecule is CC(C)(CCC#N)CN(C[C@@H](O)[C@H](Cc1ccccc1)NC(=O)O[C@H]1CO[C@H]2OCC[C@H]21)S(=O)(=O)c1ccc2c(c1)OCO2.CC(C)(CCC#N)CN(C[C@@H](OP(=O)(OCc1ccccc1)OCc1ccccc1)[C@H](Cc1ccccc1)NC(=O)O[C@H]1CO[C@H]2OCC[C@H]21)S(=O)(=O)c1ccc2c(c1)OCO2. The molecule has 6 aliphatic heterocycles. The summed E-state index contributed by atoms with van der Waals surface area (Å²) in [5, 5.41) is 36.1. The van der Waals surface area contributed by atoms with Crippen LogP contribution in [0.4, 0.5) is 9.59 Å². The summed E-state index contributed by atoms with van der Waals surface area (Å²) >= 11 is 0. The van der Waals surface area contributed by atoms with E-state index >= 15 is 4.57 Å². The molecule has 4 saturated heterocycles. The van der Waals surface area contributed by atoms with E-state index in [4.69, 9.17) is 60.9 Å². The van der Waals surface area contributed by atoms with Gasteiger partial charge < -0.3 is 63.1 Å². The van der Waals surface area contributed by atoms with Gasteiger partial charge in [0.1, 0.15) is 18.3 Å². The Balaban J connectivity index is 0.000000224. The van der Waals surface area contributed by atoms with E-state index in [1.807, 2.05) is 125 Å². The molecule has 12 rings (SSSR count). The van der Waals surface area contributed by atoms with Crippen molar-refractivity contribution >= 4 is 40.1 Å². The fourth-order valence-electron chi connectivity index (χ4n) is 13.3. The van der Waals surface area contributed by atoms with Gasteiger partial charge in [0.2, 0.25) is 33.6 Å². The Bertz CT molecular complexity index is 4230. The molecule has 30 heteroatoms. The third-order valence-electron chi connectivity index (χ3n) is 19.1. The van der Waals surface area contributed by atoms with Crippen LogP contribution in [-0.2, 0) is 92.7 Å². The van der Waals surface area contributed by atoms with Crippen LogP contribution in [0.2, 0.25) is 0 Å². The topological polar surface area (TPSA) is 338 Å². The van der Waals surface area contributed by atoms with E-state index in [1.54, 1.807) is 24.3 Å². The van der Waals surface area contributed by atoms with E-state index in [-0.39, 0.29) is 113 Å². The third kappa shape index (κ3) is 21.3. The van der Waals surface area contributed by atoms with Gasteiger partial charge in [-0.3, -0.25) is 13.6 Å². The van der Waals surface area contributed by atoms with Crippen molar-refractivity contribution < 1.29 is 97.0 Å². The normalized spacial score (nSPS) is 20.6. The van der Waals surface area contributed by atoms with Gasteiger partial charge in [0.25, 0.3) is 0 Å². The van der Waals surface area contributed by atoms with Crippen molar-refractivity contribution in [1.82, 2.24) is 19.2 Å². The number of alkyl carbamates (subject to hydrolysis) is 2. The number of ether oxygens (including phenoxy) is 10. The van der Waals surface area contributed by atoms with Crippen molar-refractivity contribution in [1.29, 1.82) is 10.5 Å². The zero-order valence-corrected chi connectivity index (χ0v) is 62.1. The maximum atomic E-state index is 15.2. The third-order valence-corrected chi connectivity index (χ3v) is 24.1. The van der Waals surface area contributed by atoms with Gasteiger partial charge in [-0.05, 0) is 95.9 Å². The molecule has 4 fully saturated rings. The Morgan fingerprint density at radius 1 is 0.557 bits per heavy atom. The molecule has 27 nitrogen and oxygen atoms in total. The van der Waals surface area contributed by atoms with Crippen LogP contribution in [0.3, 0.4) is 0 Å². The van der Waals surface area contributed by atoms with Crippen LogP contribution in [0.1, 0.15) is 88.5 Å². The number of sulfonamides is 2. The molecule has 0 radical (unpaired) electrons. The molecule has 0 spiro atoms. The lowest BCUT2D eigenvalue weighted by molar-refractivity contribution is -0.0909. The van der Waals surface area contributed by atoms with Crippen molar-refractivity contribution in [3.63, 3.8) is 0 Å². The van der Waals surface area contributed by atoms with E-state index in [9.17, 15) is 42.1 Å². The van der Waals surface area contributed by atoms with Crippen LogP contribution in [-0.4, -0.2) is 158 Å². The van der Waals surface area contributed by atoms with Gasteiger partial charge >= 0.3 is 20.0 Å². The van der Waals surface area contributed by atoms with Gasteiger partial charge in [0.05, 0.1) is 91.6 Å². The van der Waals surface area contributed by atoms with E-state index in [0.29, 0.717) is 67.3 Å². The fourth-order valence-corrected chi connectivity index (χ4v) is 18.0. The average Bonchev–Trinajstić information content (AvgIpc) is 0.999. The molecular formula is C76H91N6O21PS2. The zero-order chi connectivity index (χ0) is 74.9. The standard InChI is InChI=1S/C45H52N3O12PS.C31H39N3O9S/c1-45(2,22-12-23-46)31-48(62(51,52)36-19-20-39-40(26-36)56-32-55-39)27-41(60-61(50,57-28-34-15-8-4-9-16-34)58-29-35-17-10-5-11-18-35)38(25-33-13-6-3-7-14-33)47-44(49)59-42-30-54-43-37(42)21-24-53-43;1-31(2,12-6-13-32)19-34(44(37,38)22-9-10-26-27(16-22)42-20-41-26)17-25(35)24(15-21-7-4-3-5-8-21)33-30(36)43-28-18-40-29-23(28)11-14-39-29/h3-11,13-20,26,37-38,41-43H,12,21-22,24-25,27-32H2,1-2H3,(H,47,49);3-5,7-10,16,23-25,28-29,35H,6,11-12,14-15,17-20H2,1-2H3,(H,33,36)/t37-,38-,41+,42-,43+;23-,24-,25+,28-,29+/m00/s1. The highest BCUT2D eigenvalue weighted by Crippen LogP contribution is 2.53. The number of nitriles is 2. The van der Waals surface area contributed by atoms with Gasteiger partial charge in [-0.25, -0.2) is 31.0 Å². The summed E-state index contributed by atoms with van der Waals surface area (Å²) in [5.41, 5.74) is 1.61. The first kappa shape index (κ1) is 78.8. The average molecular weight is 1520 g/mol. The lowest BCUT2D eigenvalue weighted by atomic mass is 9.88. The molecule has 2 amide bonds. The smallest absolute Gasteiger partial charge is 0.454 e. The first-order valence-electron chi connectivity index (χ1n) is 35.3. The molecule has 0 aliphatic carbocycles. The number of benzene rings is 6. The number of hydrogen-bond acceptors (Lipinski definition) is 23. The molecular weight excluding hydrogens is 1430 g/mol. The molecule has 0 bridgehead atoms. The van der Waals surface area contributed by atoms with E-state index in [0.717, 1.165) is 11.1 Å². The minimum atomic E-state index is -4.64. The Labute approximate surface area is 618 Å². The molecule has 6 heterocycles. The molecule has 568 valence electrons. The maximum absolute atomic E-state index is 15.2. The number of phosphoric acid groups is 1. The summed E-state index contributed by atoms with van der Waals surface area (Å²) in [7, 11) is -13.2. The summed E-state index contributed by atoms with van der Waals surface area (Å²) in [4.78, 5) is 27.0. The first-order chi connectivity index (χ1) is 50.9. The maximum Gasteiger partial charge on any atom is 0.475 e. The predicted molar refractivity (Wildman–Crippen MR) is 383 cm³/mol. The fraction of sp³-hybridized carbons (Fsp3) is 0.474. The molecule has 6 aromatic carbocycles. The molecule has 0 unspecified atom stereocenters. The minimum absolute atomic E-state index is 0.00715. The highest BCUT2D eigenvalue weighted by atomic mass is 32.2. The van der Waals surface area contributed by atoms with Crippen molar-refractivity contribution in [3.8, 4) is 35.1 Å². The van der Waals surface area contributed by atoms with Crippen LogP contribution in [0, 0.1) is 45.3 Å². The summed E-state index contributed by atoms with van der Waals surface area (Å²) in [6.07, 6.45) is -3.33. The quantitative estimate of drug-likeness (QED) is 0.0316. The van der Waals surface area contributed by atoms with Gasteiger partial charge in [-0.15, -0.1) is 0 Å². The van der Waals surface area contributed by atoms with Crippen LogP contribution < -0.4 is 29.6 Å². The van der Waals surface area contributed by atoms with E-state index in [2.05, 4.69) is 22.8 Å². The number of nitrogens with zero attached hydrogens (tertiary/aromatic N) is 4. The second kappa shape index (κ2) is 36.1. The lowest BCUT2D eigenvalue weighted by Crippen LogP contribution is -2.53. The van der Waals surface area contributed by atoms with E-state index < -0.39 is 107 Å². The molecule has 10 atom stereocenters. The molecule has 0 aromatic heterocycles. The van der Waals surface area contributed by atoms with Crippen LogP contribution in [0.15, 0.2) is 168 Å². The summed E-state index contributed by atoms with van der Waals surface area (Å²) < 4.78 is 150. The van der Waals surface area contributed by atoms with Crippen molar-refractivity contribution in [2.24, 2.45) is 22.7 Å². The highest BCUT2D eigenvalue weighted by molar-refractivity contribution is 7.89. The number of aliphatic hydroxyl groups excluding tert-OH is 1. The van der Waals surface area contributed by atoms with Crippen LogP contribution in [0.5, 0.6) is 23.0 Å². The lowest BCUT2D eigenvalue weighted by Gasteiger charge is -2.37. The number of amides is 2. The molecule has 0 saturated carbocycles. The van der Waals surface area contributed by atoms with Gasteiger partial charge in [0.15, 0.2) is 35.6 Å². The van der Waals surface area contributed by atoms with Crippen molar-refractivity contribution in [3.05, 3.63) is 180 Å². The number of phosphoric ester groups is 1. The second-order valence-electron chi connectivity index (χ2n) is 28.3. The zero-order valence-electron chi connectivity index (χ0n) is 59.6. The predicted octanol–water partition coefficient (Wildman–Crippen LogP) is 11.0. The monoisotopic (exact) mass is 1520 g/mol. The molecule has 6 aliphatic rings. The molecule has 106 heavy (non-hydrogen) atoms. The highest BCUT2D eigenvalue weighted by Gasteiger charge is 2.47. The Morgan fingerprint density at radius 3 is 1.39 bits per heavy atom. The number of carbonyl (C=O) groups excluding carboxylic acids is 2. The number of carbonyl (C=O) groups is 2. The van der Waals surface area contributed by atoms with Crippen molar-refractivity contribution in [2.75, 3.05) is 66.2 Å². The number of aliphatic hydroxyl groups is 1. The van der Waals surface area contributed by atoms with Crippen molar-refractivity contribution in [2.45, 2.75) is 151 Å². The van der Waals surface area contributed by atoms with E-state index in [1.165, 1.54) is 45.0 Å². The van der Waals surface area contributed by atoms with Gasteiger partial charge in [-0.1, -0.05) is 149 Å². The number of nitrogens with one attached hydrogen (secondary N) is 2.